The molecule has 1 fully saturated rings. The van der Waals surface area contributed by atoms with E-state index in [0.29, 0.717) is 6.42 Å². The molecule has 2 rings (SSSR count). The maximum Gasteiger partial charge on any atom is 0.351 e. The van der Waals surface area contributed by atoms with Gasteiger partial charge in [-0.1, -0.05) is 65.2 Å². The fourth-order valence-electron chi connectivity index (χ4n) is 4.28. The predicted molar refractivity (Wildman–Crippen MR) is 135 cm³/mol. The van der Waals surface area contributed by atoms with Crippen LogP contribution in [0.3, 0.4) is 0 Å². The van der Waals surface area contributed by atoms with Crippen molar-refractivity contribution >= 4 is 17.8 Å². The molecule has 4 atom stereocenters. The van der Waals surface area contributed by atoms with Gasteiger partial charge in [0.05, 0.1) is 0 Å². The molecule has 204 valence electrons. The monoisotopic (exact) mass is 509 g/mol. The number of hydrogen-bond donors (Lipinski definition) is 1. The Kier molecular flexibility index (Phi) is 13.5. The fraction of sp³-hybridized carbons (Fsp3) is 0.769. The highest BCUT2D eigenvalue weighted by molar-refractivity contribution is 5.70. The lowest BCUT2D eigenvalue weighted by Gasteiger charge is -2.23. The summed E-state index contributed by atoms with van der Waals surface area (Å²) >= 11 is 0. The number of anilines is 1. The van der Waals surface area contributed by atoms with Crippen LogP contribution < -0.4 is 11.4 Å². The Morgan fingerprint density at radius 1 is 0.972 bits per heavy atom. The lowest BCUT2D eigenvalue weighted by atomic mass is 10.1. The SMILES string of the molecule is CCCCCCCC(=O)OC[C@H]1O[C@@H](n2ccc(N)nc2=O)C(OC)C1OC(=O)CCCCCCC. The van der Waals surface area contributed by atoms with E-state index in [1.54, 1.807) is 0 Å². The molecule has 0 radical (unpaired) electrons. The van der Waals surface area contributed by atoms with E-state index in [-0.39, 0.29) is 30.8 Å². The summed E-state index contributed by atoms with van der Waals surface area (Å²) in [5.74, 6) is -0.628. The molecular formula is C26H43N3O7. The standard InChI is InChI=1S/C26H43N3O7/c1-4-6-8-10-12-14-21(30)34-18-19-23(36-22(31)15-13-11-9-7-5-2)24(33-3)25(35-19)29-17-16-20(27)28-26(29)32/h16-17,19,23-25H,4-15,18H2,1-3H3,(H2,27,28,32)/t19-,23?,24?,25-/m1/s1. The average molecular weight is 510 g/mol. The summed E-state index contributed by atoms with van der Waals surface area (Å²) in [7, 11) is 1.45. The van der Waals surface area contributed by atoms with E-state index < -0.39 is 30.2 Å². The van der Waals surface area contributed by atoms with Crippen LogP contribution in [0.2, 0.25) is 0 Å². The van der Waals surface area contributed by atoms with Gasteiger partial charge in [-0.2, -0.15) is 4.98 Å². The summed E-state index contributed by atoms with van der Waals surface area (Å²) in [5.41, 5.74) is 5.00. The van der Waals surface area contributed by atoms with Gasteiger partial charge < -0.3 is 24.7 Å². The number of esters is 2. The van der Waals surface area contributed by atoms with Crippen LogP contribution in [-0.4, -0.2) is 53.5 Å². The van der Waals surface area contributed by atoms with Crippen LogP contribution in [0.4, 0.5) is 5.82 Å². The molecule has 0 saturated carbocycles. The van der Waals surface area contributed by atoms with E-state index in [0.717, 1.165) is 64.2 Å². The minimum Gasteiger partial charge on any atom is -0.463 e. The van der Waals surface area contributed by atoms with Crippen LogP contribution in [0.5, 0.6) is 0 Å². The van der Waals surface area contributed by atoms with E-state index in [1.807, 2.05) is 0 Å². The van der Waals surface area contributed by atoms with E-state index in [1.165, 1.54) is 23.9 Å². The molecule has 0 amide bonds. The number of carbonyl (C=O) groups excluding carboxylic acids is 2. The summed E-state index contributed by atoms with van der Waals surface area (Å²) in [6.45, 7) is 4.16. The van der Waals surface area contributed by atoms with Crippen molar-refractivity contribution in [2.75, 3.05) is 19.5 Å². The Bertz CT molecular complexity index is 860. The molecule has 1 aromatic heterocycles. The minimum absolute atomic E-state index is 0.0821. The Hall–Kier alpha value is -2.46. The third kappa shape index (κ3) is 9.54. The van der Waals surface area contributed by atoms with Crippen LogP contribution in [0.15, 0.2) is 17.1 Å². The molecule has 1 aliphatic rings. The normalized spacial score (nSPS) is 21.4. The number of rotatable bonds is 17. The van der Waals surface area contributed by atoms with Crippen molar-refractivity contribution in [1.82, 2.24) is 9.55 Å². The summed E-state index contributed by atoms with van der Waals surface area (Å²) in [5, 5.41) is 0. The van der Waals surface area contributed by atoms with Gasteiger partial charge in [0, 0.05) is 26.1 Å². The zero-order chi connectivity index (χ0) is 26.3. The number of carbonyl (C=O) groups is 2. The molecule has 0 aromatic carbocycles. The lowest BCUT2D eigenvalue weighted by molar-refractivity contribution is -0.161. The molecule has 0 aliphatic carbocycles. The van der Waals surface area contributed by atoms with Crippen molar-refractivity contribution in [2.45, 2.75) is 115 Å². The number of aromatic nitrogens is 2. The topological polar surface area (TPSA) is 132 Å². The van der Waals surface area contributed by atoms with E-state index in [4.69, 9.17) is 24.7 Å². The number of ether oxygens (including phenoxy) is 4. The second-order valence-corrected chi connectivity index (χ2v) is 9.27. The van der Waals surface area contributed by atoms with Crippen molar-refractivity contribution in [3.05, 3.63) is 22.7 Å². The van der Waals surface area contributed by atoms with Gasteiger partial charge >= 0.3 is 17.6 Å². The van der Waals surface area contributed by atoms with Gasteiger partial charge in [0.25, 0.3) is 0 Å². The van der Waals surface area contributed by atoms with Gasteiger partial charge in [0.1, 0.15) is 24.6 Å². The molecule has 0 spiro atoms. The van der Waals surface area contributed by atoms with Gasteiger partial charge in [-0.05, 0) is 18.9 Å². The molecule has 10 heteroatoms. The Morgan fingerprint density at radius 2 is 1.58 bits per heavy atom. The Balaban J connectivity index is 2.05. The van der Waals surface area contributed by atoms with Crippen LogP contribution in [0.1, 0.15) is 97.1 Å². The first-order valence-corrected chi connectivity index (χ1v) is 13.3. The Labute approximate surface area is 213 Å². The van der Waals surface area contributed by atoms with Crippen LogP contribution >= 0.6 is 0 Å². The van der Waals surface area contributed by atoms with E-state index in [9.17, 15) is 14.4 Å². The highest BCUT2D eigenvalue weighted by atomic mass is 16.6. The third-order valence-corrected chi connectivity index (χ3v) is 6.33. The van der Waals surface area contributed by atoms with Gasteiger partial charge in [0.2, 0.25) is 0 Å². The second kappa shape index (κ2) is 16.3. The molecular weight excluding hydrogens is 466 g/mol. The maximum atomic E-state index is 12.6. The number of unbranched alkanes of at least 4 members (excludes halogenated alkanes) is 8. The van der Waals surface area contributed by atoms with Crippen molar-refractivity contribution < 1.29 is 28.5 Å². The predicted octanol–water partition coefficient (Wildman–Crippen LogP) is 3.91. The number of nitrogens with two attached hydrogens (primary N) is 1. The molecule has 36 heavy (non-hydrogen) atoms. The second-order valence-electron chi connectivity index (χ2n) is 9.27. The highest BCUT2D eigenvalue weighted by Crippen LogP contribution is 2.33. The van der Waals surface area contributed by atoms with Gasteiger partial charge in [-0.3, -0.25) is 14.2 Å². The molecule has 1 aromatic rings. The minimum atomic E-state index is -0.921. The summed E-state index contributed by atoms with van der Waals surface area (Å²) < 4.78 is 24.1. The first-order valence-electron chi connectivity index (χ1n) is 13.3. The lowest BCUT2D eigenvalue weighted by Crippen LogP contribution is -2.41. The summed E-state index contributed by atoms with van der Waals surface area (Å²) in [6, 6.07) is 1.47. The molecule has 0 bridgehead atoms. The first-order chi connectivity index (χ1) is 17.4. The van der Waals surface area contributed by atoms with Crippen molar-refractivity contribution in [2.24, 2.45) is 0 Å². The van der Waals surface area contributed by atoms with Gasteiger partial charge in [0.15, 0.2) is 12.3 Å². The number of nitrogens with zero attached hydrogens (tertiary/aromatic N) is 2. The quantitative estimate of drug-likeness (QED) is 0.245. The molecule has 2 heterocycles. The van der Waals surface area contributed by atoms with Crippen molar-refractivity contribution in [3.8, 4) is 0 Å². The van der Waals surface area contributed by atoms with E-state index >= 15 is 0 Å². The fourth-order valence-corrected chi connectivity index (χ4v) is 4.28. The molecule has 2 unspecified atom stereocenters. The molecule has 10 nitrogen and oxygen atoms in total. The van der Waals surface area contributed by atoms with E-state index in [2.05, 4.69) is 18.8 Å². The highest BCUT2D eigenvalue weighted by Gasteiger charge is 2.49. The number of nitrogen functional groups attached to an aromatic ring is 1. The van der Waals surface area contributed by atoms with Crippen molar-refractivity contribution in [1.29, 1.82) is 0 Å². The third-order valence-electron chi connectivity index (χ3n) is 6.33. The van der Waals surface area contributed by atoms with Gasteiger partial charge in [-0.25, -0.2) is 4.79 Å². The average Bonchev–Trinajstić information content (AvgIpc) is 3.19. The van der Waals surface area contributed by atoms with Crippen LogP contribution in [-0.2, 0) is 28.5 Å². The molecule has 1 aliphatic heterocycles. The zero-order valence-electron chi connectivity index (χ0n) is 22.0. The summed E-state index contributed by atoms with van der Waals surface area (Å²) in [4.78, 5) is 41.1. The van der Waals surface area contributed by atoms with Crippen LogP contribution in [0, 0.1) is 0 Å². The number of methoxy groups -OCH3 is 1. The van der Waals surface area contributed by atoms with Crippen LogP contribution in [0.25, 0.3) is 0 Å². The zero-order valence-corrected chi connectivity index (χ0v) is 22.0. The number of hydrogen-bond acceptors (Lipinski definition) is 9. The molecule has 1 saturated heterocycles. The first kappa shape index (κ1) is 29.8. The van der Waals surface area contributed by atoms with Gasteiger partial charge in [-0.15, -0.1) is 0 Å². The van der Waals surface area contributed by atoms with Crippen molar-refractivity contribution in [3.63, 3.8) is 0 Å². The maximum absolute atomic E-state index is 12.6. The molecule has 2 N–H and O–H groups in total. The Morgan fingerprint density at radius 3 is 2.17 bits per heavy atom. The largest absolute Gasteiger partial charge is 0.463 e. The smallest absolute Gasteiger partial charge is 0.351 e. The summed E-state index contributed by atoms with van der Waals surface area (Å²) in [6.07, 6.45) is 8.80.